The zero-order chi connectivity index (χ0) is 41.2. The summed E-state index contributed by atoms with van der Waals surface area (Å²) >= 11 is 0. The minimum Gasteiger partial charge on any atom is -0.496 e. The summed E-state index contributed by atoms with van der Waals surface area (Å²) < 4.78 is 6.15. The summed E-state index contributed by atoms with van der Waals surface area (Å²) in [5.41, 5.74) is 4.17. The number of hydrogen-bond acceptors (Lipinski definition) is 9. The Labute approximate surface area is 336 Å². The highest BCUT2D eigenvalue weighted by molar-refractivity contribution is 5.97. The second-order valence-corrected chi connectivity index (χ2v) is 18.8. The number of hydroxylamine groups is 2. The van der Waals surface area contributed by atoms with Gasteiger partial charge in [-0.1, -0.05) is 66.7 Å². The van der Waals surface area contributed by atoms with Crippen LogP contribution in [0.2, 0.25) is 0 Å². The molecule has 2 aromatic carbocycles. The molecule has 1 saturated heterocycles. The summed E-state index contributed by atoms with van der Waals surface area (Å²) in [6.45, 7) is 18.7. The van der Waals surface area contributed by atoms with Gasteiger partial charge in [0.15, 0.2) is 0 Å². The second-order valence-electron chi connectivity index (χ2n) is 18.8. The molecule has 4 N–H and O–H groups in total. The van der Waals surface area contributed by atoms with Gasteiger partial charge in [0.25, 0.3) is 5.91 Å². The third-order valence-electron chi connectivity index (χ3n) is 12.9. The number of nitrogens with zero attached hydrogens (tertiary/aromatic N) is 3. The number of likely N-dealkylation sites (N-methyl/N-ethyl adjacent to an activating group) is 1. The molecule has 9 atom stereocenters. The molecule has 1 aliphatic heterocycles. The van der Waals surface area contributed by atoms with Crippen LogP contribution in [0.1, 0.15) is 90.6 Å². The summed E-state index contributed by atoms with van der Waals surface area (Å²) in [6.07, 6.45) is 1.35. The number of carbonyl (C=O) groups excluding carboxylic acids is 2. The lowest BCUT2D eigenvalue weighted by Gasteiger charge is -2.62. The molecule has 56 heavy (non-hydrogen) atoms. The molecule has 0 spiro atoms. The van der Waals surface area contributed by atoms with Crippen LogP contribution in [0.5, 0.6) is 5.75 Å². The summed E-state index contributed by atoms with van der Waals surface area (Å²) in [5, 5.41) is 29.7. The first kappa shape index (κ1) is 43.9. The van der Waals surface area contributed by atoms with E-state index in [1.165, 1.54) is 6.42 Å². The van der Waals surface area contributed by atoms with E-state index in [9.17, 15) is 19.8 Å². The molecular weight excluding hydrogens is 707 g/mol. The topological polar surface area (TPSA) is 127 Å². The Morgan fingerprint density at radius 3 is 2.32 bits per heavy atom. The molecule has 3 aliphatic carbocycles. The molecular formula is C45H71N5O6. The van der Waals surface area contributed by atoms with Crippen molar-refractivity contribution in [2.24, 2.45) is 40.9 Å². The molecule has 0 aromatic heterocycles. The van der Waals surface area contributed by atoms with Gasteiger partial charge >= 0.3 is 0 Å². The summed E-state index contributed by atoms with van der Waals surface area (Å²) in [4.78, 5) is 39.0. The number of rotatable bonds is 17. The van der Waals surface area contributed by atoms with Crippen molar-refractivity contribution in [1.29, 1.82) is 0 Å². The van der Waals surface area contributed by atoms with E-state index < -0.39 is 24.2 Å². The van der Waals surface area contributed by atoms with Crippen LogP contribution in [-0.2, 0) is 16.2 Å². The molecule has 2 bridgehead atoms. The monoisotopic (exact) mass is 778 g/mol. The number of carbonyl (C=O) groups is 2. The van der Waals surface area contributed by atoms with Crippen molar-refractivity contribution in [2.45, 2.75) is 112 Å². The van der Waals surface area contributed by atoms with E-state index >= 15 is 0 Å². The van der Waals surface area contributed by atoms with Crippen LogP contribution in [0.15, 0.2) is 36.4 Å². The van der Waals surface area contributed by atoms with Gasteiger partial charge in [0.1, 0.15) is 17.9 Å². The Bertz CT molecular complexity index is 1650. The van der Waals surface area contributed by atoms with Gasteiger partial charge < -0.3 is 35.4 Å². The smallest absolute Gasteiger partial charge is 0.251 e. The molecule has 6 rings (SSSR count). The van der Waals surface area contributed by atoms with E-state index in [4.69, 9.17) is 9.57 Å². The van der Waals surface area contributed by atoms with Crippen molar-refractivity contribution in [3.8, 4) is 16.9 Å². The van der Waals surface area contributed by atoms with Gasteiger partial charge in [0, 0.05) is 60.5 Å². The molecule has 3 saturated carbocycles. The Morgan fingerprint density at radius 1 is 1.04 bits per heavy atom. The first-order valence-electron chi connectivity index (χ1n) is 20.9. The molecule has 4 fully saturated rings. The molecule has 0 unspecified atom stereocenters. The van der Waals surface area contributed by atoms with Crippen LogP contribution in [-0.4, -0.2) is 110 Å². The lowest BCUT2D eigenvalue weighted by Crippen LogP contribution is -2.62. The van der Waals surface area contributed by atoms with E-state index in [0.717, 1.165) is 48.3 Å². The van der Waals surface area contributed by atoms with Crippen molar-refractivity contribution in [3.63, 3.8) is 0 Å². The Balaban J connectivity index is 1.48. The number of aliphatic hydroxyl groups excluding tert-OH is 2. The van der Waals surface area contributed by atoms with Gasteiger partial charge in [0.2, 0.25) is 5.91 Å². The van der Waals surface area contributed by atoms with Crippen molar-refractivity contribution >= 4 is 17.5 Å². The maximum Gasteiger partial charge on any atom is 0.251 e. The second kappa shape index (κ2) is 18.1. The lowest BCUT2D eigenvalue weighted by molar-refractivity contribution is -0.183. The number of ether oxygens (including phenoxy) is 1. The predicted octanol–water partition coefficient (Wildman–Crippen LogP) is 5.82. The van der Waals surface area contributed by atoms with Crippen LogP contribution in [0.3, 0.4) is 0 Å². The maximum absolute atomic E-state index is 14.3. The van der Waals surface area contributed by atoms with E-state index in [-0.39, 0.29) is 42.5 Å². The van der Waals surface area contributed by atoms with E-state index in [2.05, 4.69) is 75.0 Å². The van der Waals surface area contributed by atoms with Gasteiger partial charge in [-0.05, 0) is 99.0 Å². The van der Waals surface area contributed by atoms with Crippen molar-refractivity contribution < 1.29 is 29.4 Å². The highest BCUT2D eigenvalue weighted by atomic mass is 16.7. The third-order valence-corrected chi connectivity index (χ3v) is 12.9. The van der Waals surface area contributed by atoms with Crippen LogP contribution in [0, 0.1) is 40.9 Å². The average molecular weight is 778 g/mol. The minimum atomic E-state index is -0.898. The number of amides is 2. The minimum absolute atomic E-state index is 0.00598. The number of benzene rings is 2. The fraction of sp³-hybridized carbons (Fsp3) is 0.689. The number of nitrogens with one attached hydrogen (secondary N) is 2. The van der Waals surface area contributed by atoms with Crippen molar-refractivity contribution in [2.75, 3.05) is 52.8 Å². The molecule has 2 aromatic rings. The molecule has 4 aliphatic rings. The van der Waals surface area contributed by atoms with Crippen molar-refractivity contribution in [1.82, 2.24) is 20.6 Å². The predicted molar refractivity (Wildman–Crippen MR) is 223 cm³/mol. The number of fused-ring (bicyclic) bond motifs is 2. The van der Waals surface area contributed by atoms with Gasteiger partial charge in [-0.3, -0.25) is 14.4 Å². The van der Waals surface area contributed by atoms with Crippen molar-refractivity contribution in [3.05, 3.63) is 47.5 Å². The molecule has 0 radical (unpaired) electrons. The molecule has 11 nitrogen and oxygen atoms in total. The standard InChI is InChI=1S/C45H71N5O6/c1-26(2)16-34(24-48(9)10)46-43(53)32-17-31(18-35(19-32)49(11)22-27(3)4)36-15-13-14-30(42(36)55-12)23-50-41(40(29(6)52)39(25-51)56-50)44(54)47-38-21-33-20-37(28(38)5)45(33,7)8/h13-15,17-19,26-29,33-34,37-41,51-52H,16,20-25H2,1-12H3,(H,46,53)(H,47,54)/t28-,29-,33+,34-,37-,38-,39-,40+,41-/m0/s1. The highest BCUT2D eigenvalue weighted by Crippen LogP contribution is 2.61. The van der Waals surface area contributed by atoms with Gasteiger partial charge in [-0.2, -0.15) is 5.06 Å². The lowest BCUT2D eigenvalue weighted by atomic mass is 9.45. The fourth-order valence-electron chi connectivity index (χ4n) is 10.1. The third kappa shape index (κ3) is 9.55. The molecule has 2 amide bonds. The normalized spacial score (nSPS) is 26.9. The zero-order valence-corrected chi connectivity index (χ0v) is 36.1. The first-order chi connectivity index (χ1) is 26.4. The van der Waals surface area contributed by atoms with Crippen LogP contribution in [0.25, 0.3) is 11.1 Å². The van der Waals surface area contributed by atoms with Gasteiger partial charge in [-0.15, -0.1) is 0 Å². The summed E-state index contributed by atoms with van der Waals surface area (Å²) in [5.74, 6) is 1.94. The number of anilines is 1. The van der Waals surface area contributed by atoms with E-state index in [1.54, 1.807) is 19.1 Å². The quantitative estimate of drug-likeness (QED) is 0.157. The Kier molecular flexibility index (Phi) is 14.2. The van der Waals surface area contributed by atoms with Crippen LogP contribution in [0.4, 0.5) is 5.69 Å². The molecule has 11 heteroatoms. The fourth-order valence-corrected chi connectivity index (χ4v) is 10.1. The summed E-state index contributed by atoms with van der Waals surface area (Å²) in [7, 11) is 7.72. The SMILES string of the molecule is COc1c(CN2O[C@@H](CO)[C@@H]([C@H](C)O)[C@H]2C(=O)N[C@H]2C[C@H]3C[C@@H]([C@@H]2C)C3(C)C)cccc1-c1cc(C(=O)N[C@@H](CC(C)C)CN(C)C)cc(N(C)CC(C)C)c1. The maximum atomic E-state index is 14.3. The highest BCUT2D eigenvalue weighted by Gasteiger charge is 2.57. The number of hydrogen-bond donors (Lipinski definition) is 4. The summed E-state index contributed by atoms with van der Waals surface area (Å²) in [6, 6.07) is 11.1. The first-order valence-corrected chi connectivity index (χ1v) is 20.9. The zero-order valence-electron chi connectivity index (χ0n) is 36.1. The average Bonchev–Trinajstić information content (AvgIpc) is 3.49. The van der Waals surface area contributed by atoms with Crippen LogP contribution >= 0.6 is 0 Å². The molecule has 1 heterocycles. The van der Waals surface area contributed by atoms with E-state index in [0.29, 0.717) is 40.9 Å². The number of methoxy groups -OCH3 is 1. The van der Waals surface area contributed by atoms with Crippen LogP contribution < -0.4 is 20.3 Å². The van der Waals surface area contributed by atoms with E-state index in [1.807, 2.05) is 51.5 Å². The van der Waals surface area contributed by atoms with Gasteiger partial charge in [0.05, 0.1) is 26.4 Å². The largest absolute Gasteiger partial charge is 0.496 e. The number of para-hydroxylation sites is 1. The number of aliphatic hydroxyl groups is 2. The Hall–Kier alpha value is -3.22. The molecule has 312 valence electrons. The van der Waals surface area contributed by atoms with Gasteiger partial charge in [-0.25, -0.2) is 0 Å². The Morgan fingerprint density at radius 2 is 1.75 bits per heavy atom.